The van der Waals surface area contributed by atoms with Crippen LogP contribution in [-0.2, 0) is 6.42 Å². The van der Waals surface area contributed by atoms with Crippen LogP contribution >= 0.6 is 0 Å². The van der Waals surface area contributed by atoms with Crippen molar-refractivity contribution in [3.05, 3.63) is 96.1 Å². The number of rotatable bonds is 7. The van der Waals surface area contributed by atoms with Crippen molar-refractivity contribution in [3.8, 4) is 22.6 Å². The Balaban J connectivity index is 1.35. The van der Waals surface area contributed by atoms with Gasteiger partial charge in [0.05, 0.1) is 0 Å². The van der Waals surface area contributed by atoms with Gasteiger partial charge >= 0.3 is 0 Å². The summed E-state index contributed by atoms with van der Waals surface area (Å²) in [5.74, 6) is 1.23. The highest BCUT2D eigenvalue weighted by Crippen LogP contribution is 2.34. The molecular formula is C30H31NO2. The fourth-order valence-corrected chi connectivity index (χ4v) is 4.84. The number of hydrogen-bond acceptors (Lipinski definition) is 3. The number of fused-ring (bicyclic) bond motifs is 1. The summed E-state index contributed by atoms with van der Waals surface area (Å²) in [4.78, 5) is 2.50. The first-order chi connectivity index (χ1) is 16.3. The first-order valence-corrected chi connectivity index (χ1v) is 12.0. The van der Waals surface area contributed by atoms with Crippen LogP contribution in [0.3, 0.4) is 0 Å². The third-order valence-corrected chi connectivity index (χ3v) is 6.63. The predicted octanol–water partition coefficient (Wildman–Crippen LogP) is 6.67. The van der Waals surface area contributed by atoms with Gasteiger partial charge in [-0.3, -0.25) is 4.90 Å². The lowest BCUT2D eigenvalue weighted by molar-refractivity contribution is 0.183. The number of hydrogen-bond donors (Lipinski definition) is 1. The number of piperidine rings is 1. The van der Waals surface area contributed by atoms with Crippen molar-refractivity contribution >= 4 is 10.8 Å². The Morgan fingerprint density at radius 1 is 0.788 bits per heavy atom. The van der Waals surface area contributed by atoms with Crippen molar-refractivity contribution in [1.82, 2.24) is 4.90 Å². The lowest BCUT2D eigenvalue weighted by atomic mass is 9.90. The maximum Gasteiger partial charge on any atom is 0.119 e. The minimum atomic E-state index is 0.298. The number of aromatic hydroxyl groups is 1. The van der Waals surface area contributed by atoms with Crippen LogP contribution in [0.2, 0.25) is 0 Å². The summed E-state index contributed by atoms with van der Waals surface area (Å²) >= 11 is 0. The molecule has 0 saturated carbocycles. The summed E-state index contributed by atoms with van der Waals surface area (Å²) in [6, 6.07) is 29.0. The van der Waals surface area contributed by atoms with Gasteiger partial charge in [0.1, 0.15) is 18.1 Å². The van der Waals surface area contributed by atoms with Crippen molar-refractivity contribution in [3.63, 3.8) is 0 Å². The van der Waals surface area contributed by atoms with E-state index < -0.39 is 0 Å². The highest BCUT2D eigenvalue weighted by molar-refractivity contribution is 5.93. The van der Waals surface area contributed by atoms with Crippen LogP contribution < -0.4 is 4.74 Å². The van der Waals surface area contributed by atoms with E-state index >= 15 is 0 Å². The van der Waals surface area contributed by atoms with E-state index in [9.17, 15) is 5.11 Å². The van der Waals surface area contributed by atoms with Gasteiger partial charge in [-0.25, -0.2) is 0 Å². The minimum Gasteiger partial charge on any atom is -0.508 e. The quantitative estimate of drug-likeness (QED) is 0.351. The van der Waals surface area contributed by atoms with E-state index in [0.29, 0.717) is 5.75 Å². The molecule has 3 heteroatoms. The van der Waals surface area contributed by atoms with Gasteiger partial charge in [0, 0.05) is 6.54 Å². The fourth-order valence-electron chi connectivity index (χ4n) is 4.84. The fraction of sp³-hybridized carbons (Fsp3) is 0.267. The van der Waals surface area contributed by atoms with E-state index in [0.717, 1.165) is 30.7 Å². The largest absolute Gasteiger partial charge is 0.508 e. The lowest BCUT2D eigenvalue weighted by Crippen LogP contribution is -2.33. The first-order valence-electron chi connectivity index (χ1n) is 12.0. The highest BCUT2D eigenvalue weighted by Gasteiger charge is 2.12. The molecule has 4 aromatic rings. The molecule has 1 heterocycles. The number of nitrogens with zero attached hydrogens (tertiary/aromatic N) is 1. The lowest BCUT2D eigenvalue weighted by Gasteiger charge is -2.26. The number of ether oxygens (including phenoxy) is 1. The monoisotopic (exact) mass is 437 g/mol. The van der Waals surface area contributed by atoms with Gasteiger partial charge in [-0.15, -0.1) is 0 Å². The van der Waals surface area contributed by atoms with Crippen LogP contribution in [0.25, 0.3) is 21.9 Å². The second-order valence-corrected chi connectivity index (χ2v) is 8.93. The Kier molecular flexibility index (Phi) is 6.59. The summed E-state index contributed by atoms with van der Waals surface area (Å²) in [6.45, 7) is 4.15. The van der Waals surface area contributed by atoms with Crippen molar-refractivity contribution in [2.75, 3.05) is 26.2 Å². The molecule has 1 aliphatic rings. The molecule has 1 fully saturated rings. The molecule has 5 rings (SSSR count). The molecule has 0 aliphatic carbocycles. The average molecular weight is 438 g/mol. The van der Waals surface area contributed by atoms with Gasteiger partial charge in [-0.2, -0.15) is 0 Å². The molecule has 0 aromatic heterocycles. The third kappa shape index (κ3) is 5.20. The first kappa shape index (κ1) is 21.5. The van der Waals surface area contributed by atoms with Crippen LogP contribution in [-0.4, -0.2) is 36.2 Å². The van der Waals surface area contributed by atoms with Crippen molar-refractivity contribution in [2.45, 2.75) is 25.7 Å². The van der Waals surface area contributed by atoms with Gasteiger partial charge in [-0.05, 0) is 89.6 Å². The van der Waals surface area contributed by atoms with Gasteiger partial charge in [0.25, 0.3) is 0 Å². The van der Waals surface area contributed by atoms with Crippen molar-refractivity contribution < 1.29 is 9.84 Å². The number of phenols is 1. The van der Waals surface area contributed by atoms with Gasteiger partial charge in [0.2, 0.25) is 0 Å². The smallest absolute Gasteiger partial charge is 0.119 e. The topological polar surface area (TPSA) is 32.7 Å². The Labute approximate surface area is 196 Å². The molecular weight excluding hydrogens is 406 g/mol. The van der Waals surface area contributed by atoms with E-state index in [4.69, 9.17) is 4.74 Å². The van der Waals surface area contributed by atoms with Crippen LogP contribution in [0, 0.1) is 0 Å². The Bertz CT molecular complexity index is 1200. The zero-order chi connectivity index (χ0) is 22.5. The minimum absolute atomic E-state index is 0.298. The van der Waals surface area contributed by atoms with Crippen molar-refractivity contribution in [1.29, 1.82) is 0 Å². The maximum absolute atomic E-state index is 9.96. The predicted molar refractivity (Wildman–Crippen MR) is 136 cm³/mol. The standard InChI is InChI=1S/C30H31NO2/c32-26-12-16-29-25(22-26)11-15-28(24-7-3-1-4-8-24)30(29)21-23-9-13-27(14-10-23)33-20-19-31-17-5-2-6-18-31/h1,3-4,7-16,22,32H,2,5-6,17-21H2. The number of benzene rings is 4. The Hall–Kier alpha value is -3.30. The van der Waals surface area contributed by atoms with Gasteiger partial charge in [0.15, 0.2) is 0 Å². The van der Waals surface area contributed by atoms with E-state index in [-0.39, 0.29) is 0 Å². The molecule has 0 bridgehead atoms. The summed E-state index contributed by atoms with van der Waals surface area (Å²) in [5.41, 5.74) is 4.96. The van der Waals surface area contributed by atoms with Crippen LogP contribution in [0.5, 0.6) is 11.5 Å². The summed E-state index contributed by atoms with van der Waals surface area (Å²) < 4.78 is 6.02. The van der Waals surface area contributed by atoms with Gasteiger partial charge in [-0.1, -0.05) is 67.1 Å². The molecule has 168 valence electrons. The molecule has 1 saturated heterocycles. The maximum atomic E-state index is 9.96. The molecule has 1 N–H and O–H groups in total. The summed E-state index contributed by atoms with van der Waals surface area (Å²) in [6.07, 6.45) is 4.81. The third-order valence-electron chi connectivity index (χ3n) is 6.63. The highest BCUT2D eigenvalue weighted by atomic mass is 16.5. The van der Waals surface area contributed by atoms with Crippen LogP contribution in [0.1, 0.15) is 30.4 Å². The molecule has 33 heavy (non-hydrogen) atoms. The normalized spacial score (nSPS) is 14.4. The number of likely N-dealkylation sites (tertiary alicyclic amines) is 1. The molecule has 1 aliphatic heterocycles. The second kappa shape index (κ2) is 10.1. The summed E-state index contributed by atoms with van der Waals surface area (Å²) in [7, 11) is 0. The molecule has 0 spiro atoms. The number of phenolic OH excluding ortho intramolecular Hbond substituents is 1. The molecule has 4 aromatic carbocycles. The van der Waals surface area contributed by atoms with E-state index in [1.165, 1.54) is 60.0 Å². The average Bonchev–Trinajstić information content (AvgIpc) is 2.86. The molecule has 0 atom stereocenters. The zero-order valence-electron chi connectivity index (χ0n) is 19.0. The van der Waals surface area contributed by atoms with E-state index in [2.05, 4.69) is 65.6 Å². The van der Waals surface area contributed by atoms with E-state index in [1.54, 1.807) is 6.07 Å². The van der Waals surface area contributed by atoms with Gasteiger partial charge < -0.3 is 9.84 Å². The summed E-state index contributed by atoms with van der Waals surface area (Å²) in [5, 5.41) is 12.2. The molecule has 0 unspecified atom stereocenters. The SMILES string of the molecule is Oc1ccc2c(Cc3ccc(OCCN4CCCCC4)cc3)c(-c3ccccc3)ccc2c1. The Morgan fingerprint density at radius 2 is 1.58 bits per heavy atom. The van der Waals surface area contributed by atoms with E-state index in [1.807, 2.05) is 18.2 Å². The molecule has 3 nitrogen and oxygen atoms in total. The molecule has 0 radical (unpaired) electrons. The second-order valence-electron chi connectivity index (χ2n) is 8.93. The van der Waals surface area contributed by atoms with Crippen LogP contribution in [0.4, 0.5) is 0 Å². The van der Waals surface area contributed by atoms with Crippen LogP contribution in [0.15, 0.2) is 84.9 Å². The Morgan fingerprint density at radius 3 is 2.36 bits per heavy atom. The van der Waals surface area contributed by atoms with Crippen molar-refractivity contribution in [2.24, 2.45) is 0 Å². The zero-order valence-corrected chi connectivity index (χ0v) is 19.0. The molecule has 0 amide bonds.